The molecule has 1 spiro atoms. The first-order chi connectivity index (χ1) is 11.9. The number of carbonyl (C=O) groups is 3. The molecule has 2 N–H and O–H groups in total. The van der Waals surface area contributed by atoms with Gasteiger partial charge in [0.1, 0.15) is 17.8 Å². The first-order valence-corrected chi connectivity index (χ1v) is 8.18. The van der Waals surface area contributed by atoms with Crippen molar-refractivity contribution in [3.05, 3.63) is 23.2 Å². The van der Waals surface area contributed by atoms with Gasteiger partial charge in [-0.3, -0.25) is 14.5 Å². The van der Waals surface area contributed by atoms with E-state index in [0.29, 0.717) is 42.5 Å². The number of methoxy groups -OCH3 is 1. The molecule has 0 aromatic heterocycles. The maximum absolute atomic E-state index is 12.6. The van der Waals surface area contributed by atoms with E-state index in [1.807, 2.05) is 0 Å². The fraction of sp³-hybridized carbons (Fsp3) is 0.438. The van der Waals surface area contributed by atoms with Crippen LogP contribution < -0.4 is 15.4 Å². The topological polar surface area (TPSA) is 97.0 Å². The Bertz CT molecular complexity index is 718. The Kier molecular flexibility index (Phi) is 4.82. The molecule has 4 amide bonds. The highest BCUT2D eigenvalue weighted by atomic mass is 35.5. The van der Waals surface area contributed by atoms with Gasteiger partial charge in [-0.2, -0.15) is 0 Å². The van der Waals surface area contributed by atoms with Gasteiger partial charge in [0, 0.05) is 31.1 Å². The van der Waals surface area contributed by atoms with E-state index >= 15 is 0 Å². The summed E-state index contributed by atoms with van der Waals surface area (Å²) in [4.78, 5) is 38.0. The fourth-order valence-corrected chi connectivity index (χ4v) is 3.16. The molecule has 25 heavy (non-hydrogen) atoms. The van der Waals surface area contributed by atoms with E-state index < -0.39 is 23.4 Å². The molecule has 2 aliphatic heterocycles. The number of imide groups is 1. The van der Waals surface area contributed by atoms with Gasteiger partial charge in [-0.05, 0) is 18.2 Å². The van der Waals surface area contributed by atoms with Gasteiger partial charge in [-0.1, -0.05) is 11.6 Å². The van der Waals surface area contributed by atoms with Gasteiger partial charge in [0.25, 0.3) is 5.91 Å². The quantitative estimate of drug-likeness (QED) is 0.784. The van der Waals surface area contributed by atoms with Crippen LogP contribution in [0.1, 0.15) is 12.8 Å². The lowest BCUT2D eigenvalue weighted by Gasteiger charge is -2.30. The molecule has 0 saturated carbocycles. The van der Waals surface area contributed by atoms with Crippen LogP contribution in [0.15, 0.2) is 18.2 Å². The van der Waals surface area contributed by atoms with Crippen molar-refractivity contribution in [3.8, 4) is 5.75 Å². The summed E-state index contributed by atoms with van der Waals surface area (Å²) in [6, 6.07) is 4.20. The SMILES string of the molecule is COc1ccc(Cl)cc1NC(=O)CN1C(=O)NC2(CCOCC2)C1=O. The maximum Gasteiger partial charge on any atom is 0.325 e. The zero-order chi connectivity index (χ0) is 18.0. The van der Waals surface area contributed by atoms with E-state index in [2.05, 4.69) is 10.6 Å². The molecule has 1 aromatic carbocycles. The second-order valence-corrected chi connectivity index (χ2v) is 6.35. The molecule has 1 aromatic rings. The number of nitrogens with zero attached hydrogens (tertiary/aromatic N) is 1. The Balaban J connectivity index is 1.70. The lowest BCUT2D eigenvalue weighted by atomic mass is 9.90. The Hall–Kier alpha value is -2.32. The van der Waals surface area contributed by atoms with E-state index in [0.717, 1.165) is 4.90 Å². The summed E-state index contributed by atoms with van der Waals surface area (Å²) in [6.07, 6.45) is 0.801. The summed E-state index contributed by atoms with van der Waals surface area (Å²) in [5.74, 6) is -0.488. The lowest BCUT2D eigenvalue weighted by Crippen LogP contribution is -2.51. The Morgan fingerprint density at radius 2 is 2.12 bits per heavy atom. The number of hydrogen-bond donors (Lipinski definition) is 2. The van der Waals surface area contributed by atoms with Gasteiger partial charge in [0.05, 0.1) is 12.8 Å². The van der Waals surface area contributed by atoms with Crippen molar-refractivity contribution in [1.82, 2.24) is 10.2 Å². The van der Waals surface area contributed by atoms with Crippen LogP contribution in [0.4, 0.5) is 10.5 Å². The molecule has 2 saturated heterocycles. The lowest BCUT2D eigenvalue weighted by molar-refractivity contribution is -0.136. The molecule has 3 rings (SSSR count). The molecule has 9 heteroatoms. The number of urea groups is 1. The van der Waals surface area contributed by atoms with E-state index in [4.69, 9.17) is 21.1 Å². The Labute approximate surface area is 149 Å². The van der Waals surface area contributed by atoms with Crippen LogP contribution in [0.2, 0.25) is 5.02 Å². The number of anilines is 1. The second kappa shape index (κ2) is 6.89. The zero-order valence-corrected chi connectivity index (χ0v) is 14.4. The second-order valence-electron chi connectivity index (χ2n) is 5.91. The molecule has 0 aliphatic carbocycles. The predicted molar refractivity (Wildman–Crippen MR) is 89.7 cm³/mol. The highest BCUT2D eigenvalue weighted by Gasteiger charge is 2.52. The third-order valence-corrected chi connectivity index (χ3v) is 4.56. The molecule has 0 radical (unpaired) electrons. The van der Waals surface area contributed by atoms with E-state index in [1.54, 1.807) is 12.1 Å². The van der Waals surface area contributed by atoms with Crippen LogP contribution in [0.3, 0.4) is 0 Å². The van der Waals surface area contributed by atoms with Gasteiger partial charge >= 0.3 is 6.03 Å². The van der Waals surface area contributed by atoms with Crippen molar-refractivity contribution in [3.63, 3.8) is 0 Å². The number of nitrogens with one attached hydrogen (secondary N) is 2. The van der Waals surface area contributed by atoms with Crippen molar-refractivity contribution >= 4 is 35.1 Å². The molecule has 134 valence electrons. The van der Waals surface area contributed by atoms with Crippen LogP contribution in [0.25, 0.3) is 0 Å². The number of hydrogen-bond acceptors (Lipinski definition) is 5. The number of ether oxygens (including phenoxy) is 2. The average molecular weight is 368 g/mol. The largest absolute Gasteiger partial charge is 0.495 e. The highest BCUT2D eigenvalue weighted by molar-refractivity contribution is 6.31. The highest BCUT2D eigenvalue weighted by Crippen LogP contribution is 2.29. The van der Waals surface area contributed by atoms with Crippen LogP contribution in [0.5, 0.6) is 5.75 Å². The maximum atomic E-state index is 12.6. The third kappa shape index (κ3) is 3.40. The van der Waals surface area contributed by atoms with Crippen molar-refractivity contribution in [2.75, 3.05) is 32.2 Å². The summed E-state index contributed by atoms with van der Waals surface area (Å²) < 4.78 is 10.4. The minimum atomic E-state index is -0.955. The van der Waals surface area contributed by atoms with Crippen LogP contribution >= 0.6 is 11.6 Å². The molecule has 2 fully saturated rings. The van der Waals surface area contributed by atoms with Gasteiger partial charge in [0.15, 0.2) is 0 Å². The molecule has 0 unspecified atom stereocenters. The summed E-state index contributed by atoms with van der Waals surface area (Å²) in [7, 11) is 1.46. The molecular weight excluding hydrogens is 350 g/mol. The molecule has 2 aliphatic rings. The standard InChI is InChI=1S/C16H18ClN3O5/c1-24-12-3-2-10(17)8-11(12)18-13(21)9-20-14(22)16(19-15(20)23)4-6-25-7-5-16/h2-3,8H,4-7,9H2,1H3,(H,18,21)(H,19,23). The number of amides is 4. The summed E-state index contributed by atoms with van der Waals surface area (Å²) in [5, 5.41) is 5.74. The fourth-order valence-electron chi connectivity index (χ4n) is 2.99. The molecule has 2 heterocycles. The third-order valence-electron chi connectivity index (χ3n) is 4.33. The van der Waals surface area contributed by atoms with E-state index in [9.17, 15) is 14.4 Å². The van der Waals surface area contributed by atoms with Crippen LogP contribution in [-0.2, 0) is 14.3 Å². The van der Waals surface area contributed by atoms with Crippen LogP contribution in [0, 0.1) is 0 Å². The molecular formula is C16H18ClN3O5. The first kappa shape index (κ1) is 17.5. The van der Waals surface area contributed by atoms with Crippen molar-refractivity contribution in [2.45, 2.75) is 18.4 Å². The van der Waals surface area contributed by atoms with Crippen molar-refractivity contribution < 1.29 is 23.9 Å². The molecule has 8 nitrogen and oxygen atoms in total. The van der Waals surface area contributed by atoms with Crippen LogP contribution in [-0.4, -0.2) is 55.2 Å². The Morgan fingerprint density at radius 1 is 1.40 bits per heavy atom. The van der Waals surface area contributed by atoms with E-state index in [-0.39, 0.29) is 6.54 Å². The van der Waals surface area contributed by atoms with Gasteiger partial charge in [-0.15, -0.1) is 0 Å². The molecule has 0 atom stereocenters. The minimum Gasteiger partial charge on any atom is -0.495 e. The number of benzene rings is 1. The van der Waals surface area contributed by atoms with Gasteiger partial charge in [0.2, 0.25) is 5.91 Å². The van der Waals surface area contributed by atoms with Crippen molar-refractivity contribution in [2.24, 2.45) is 0 Å². The molecule has 0 bridgehead atoms. The Morgan fingerprint density at radius 3 is 2.80 bits per heavy atom. The number of rotatable bonds is 4. The number of halogens is 1. The normalized spacial score (nSPS) is 19.0. The predicted octanol–water partition coefficient (Wildman–Crippen LogP) is 1.39. The van der Waals surface area contributed by atoms with Gasteiger partial charge < -0.3 is 20.1 Å². The summed E-state index contributed by atoms with van der Waals surface area (Å²) in [6.45, 7) is 0.403. The zero-order valence-electron chi connectivity index (χ0n) is 13.6. The average Bonchev–Trinajstić information content (AvgIpc) is 2.80. The summed E-state index contributed by atoms with van der Waals surface area (Å²) in [5.41, 5.74) is -0.587. The first-order valence-electron chi connectivity index (χ1n) is 7.80. The summed E-state index contributed by atoms with van der Waals surface area (Å²) >= 11 is 5.92. The number of carbonyl (C=O) groups excluding carboxylic acids is 3. The van der Waals surface area contributed by atoms with E-state index in [1.165, 1.54) is 13.2 Å². The van der Waals surface area contributed by atoms with Gasteiger partial charge in [-0.25, -0.2) is 4.79 Å². The van der Waals surface area contributed by atoms with Crippen molar-refractivity contribution in [1.29, 1.82) is 0 Å². The smallest absolute Gasteiger partial charge is 0.325 e. The minimum absolute atomic E-state index is 0.368. The monoisotopic (exact) mass is 367 g/mol.